The summed E-state index contributed by atoms with van der Waals surface area (Å²) < 4.78 is 11.8. The van der Waals surface area contributed by atoms with Crippen LogP contribution in [-0.4, -0.2) is 46.6 Å². The fourth-order valence-corrected chi connectivity index (χ4v) is 12.6. The van der Waals surface area contributed by atoms with Crippen molar-refractivity contribution in [3.63, 3.8) is 0 Å². The normalized spacial score (nSPS) is 38.8. The van der Waals surface area contributed by atoms with Gasteiger partial charge in [0.05, 0.1) is 11.7 Å². The summed E-state index contributed by atoms with van der Waals surface area (Å²) >= 11 is 0. The number of carbonyl (C=O) groups excluding carboxylic acids is 2. The third-order valence-electron chi connectivity index (χ3n) is 15.2. The van der Waals surface area contributed by atoms with Gasteiger partial charge in [-0.2, -0.15) is 0 Å². The Bertz CT molecular complexity index is 1450. The molecule has 2 bridgehead atoms. The molecule has 6 nitrogen and oxygen atoms in total. The Balaban J connectivity index is 1.37. The van der Waals surface area contributed by atoms with Crippen molar-refractivity contribution < 1.29 is 29.3 Å². The molecule has 0 radical (unpaired) electrons. The number of aliphatic hydroxyl groups excluding tert-OH is 1. The van der Waals surface area contributed by atoms with Crippen molar-refractivity contribution in [1.29, 1.82) is 0 Å². The second-order valence-corrected chi connectivity index (χ2v) is 18.4. The van der Waals surface area contributed by atoms with Crippen LogP contribution in [0.15, 0.2) is 54.1 Å². The van der Waals surface area contributed by atoms with Crippen LogP contribution in [0.5, 0.6) is 0 Å². The molecule has 1 heterocycles. The number of unbranched alkanes of at least 4 members (excludes halogenated alkanes) is 2. The summed E-state index contributed by atoms with van der Waals surface area (Å²) in [6.45, 7) is 11.0. The van der Waals surface area contributed by atoms with E-state index in [0.717, 1.165) is 50.5 Å². The topological polar surface area (TPSA) is 93.1 Å². The number of aliphatic hydroxyl groups is 2. The third-order valence-corrected chi connectivity index (χ3v) is 15.2. The lowest BCUT2D eigenvalue weighted by Gasteiger charge is -2.74. The number of hydrogen-bond acceptors (Lipinski definition) is 6. The maximum atomic E-state index is 13.8. The van der Waals surface area contributed by atoms with E-state index < -0.39 is 28.6 Å². The van der Waals surface area contributed by atoms with Gasteiger partial charge in [0, 0.05) is 29.7 Å². The van der Waals surface area contributed by atoms with Gasteiger partial charge in [-0.05, 0) is 104 Å². The quantitative estimate of drug-likeness (QED) is 0.101. The van der Waals surface area contributed by atoms with Crippen LogP contribution < -0.4 is 0 Å². The van der Waals surface area contributed by atoms with Crippen molar-refractivity contribution >= 4 is 11.9 Å². The van der Waals surface area contributed by atoms with Crippen LogP contribution in [0, 0.1) is 45.8 Å². The number of cyclic esters (lactones) is 1. The van der Waals surface area contributed by atoms with Crippen molar-refractivity contribution in [3.8, 4) is 0 Å². The van der Waals surface area contributed by atoms with Crippen LogP contribution in [0.2, 0.25) is 0 Å². The number of carbonyl (C=O) groups is 2. The molecule has 0 amide bonds. The summed E-state index contributed by atoms with van der Waals surface area (Å²) in [7, 11) is 0. The largest absolute Gasteiger partial charge is 0.462 e. The Hall–Kier alpha value is -2.44. The smallest absolute Gasteiger partial charge is 0.331 e. The summed E-state index contributed by atoms with van der Waals surface area (Å²) in [4.78, 5) is 25.1. The average Bonchev–Trinajstić information content (AvgIpc) is 3.76. The minimum absolute atomic E-state index is 0.0719. The number of esters is 2. The van der Waals surface area contributed by atoms with E-state index in [4.69, 9.17) is 9.47 Å². The number of benzene rings is 1. The molecule has 5 aliphatic rings. The molecule has 288 valence electrons. The molecule has 4 aliphatic carbocycles. The van der Waals surface area contributed by atoms with Gasteiger partial charge in [0.1, 0.15) is 12.7 Å². The lowest BCUT2D eigenvalue weighted by molar-refractivity contribution is -0.331. The van der Waals surface area contributed by atoms with E-state index in [1.807, 2.05) is 0 Å². The van der Waals surface area contributed by atoms with Crippen LogP contribution in [0.1, 0.15) is 143 Å². The minimum atomic E-state index is -1.27. The SMILES string of the molecule is CCCCCC1CCC(C2(C)CCC(O)C34C(CCC(C)CCCc5ccccc5)C=CC(C)(CC(OC(C)=O)C23)C4(O)CCC2=CC(=O)OC2)C1. The van der Waals surface area contributed by atoms with Crippen molar-refractivity contribution in [2.75, 3.05) is 6.61 Å². The number of fused-ring (bicyclic) bond motifs is 1. The maximum Gasteiger partial charge on any atom is 0.331 e. The highest BCUT2D eigenvalue weighted by atomic mass is 16.5. The average molecular weight is 717 g/mol. The Morgan fingerprint density at radius 3 is 2.54 bits per heavy atom. The van der Waals surface area contributed by atoms with Crippen LogP contribution >= 0.6 is 0 Å². The Labute approximate surface area is 314 Å². The Kier molecular flexibility index (Phi) is 12.2. The van der Waals surface area contributed by atoms with E-state index in [1.165, 1.54) is 51.0 Å². The second kappa shape index (κ2) is 16.1. The lowest BCUT2D eigenvalue weighted by Crippen LogP contribution is -2.79. The summed E-state index contributed by atoms with van der Waals surface area (Å²) in [6.07, 6.45) is 21.9. The van der Waals surface area contributed by atoms with Gasteiger partial charge in [0.2, 0.25) is 0 Å². The Morgan fingerprint density at radius 2 is 1.83 bits per heavy atom. The van der Waals surface area contributed by atoms with Gasteiger partial charge in [0.25, 0.3) is 0 Å². The first-order valence-corrected chi connectivity index (χ1v) is 21.0. The lowest BCUT2D eigenvalue weighted by atomic mass is 9.32. The predicted octanol–water partition coefficient (Wildman–Crippen LogP) is 9.71. The summed E-state index contributed by atoms with van der Waals surface area (Å²) in [5.41, 5.74) is -0.821. The molecule has 1 aromatic rings. The molecule has 3 fully saturated rings. The standard InChI is InChI=1S/C46H68O6/c1-6-7-9-16-35-19-21-38(28-35)44(5)26-24-40(48)46-37(20-18-32(2)13-12-17-34-14-10-8-11-15-34)23-25-43(4,30-39(42(44)46)52-33(3)47)45(46,50)27-22-36-29-41(49)51-31-36/h8,10-11,14-15,23,25,29,32,35,37-40,42,48,50H,6-7,9,12-13,16-22,24,26-28,30-31H2,1-5H3. The summed E-state index contributed by atoms with van der Waals surface area (Å²) in [5, 5.41) is 26.6. The van der Waals surface area contributed by atoms with Crippen molar-refractivity contribution in [3.05, 3.63) is 59.7 Å². The molecule has 1 aromatic carbocycles. The maximum absolute atomic E-state index is 13.8. The molecule has 6 heteroatoms. The number of rotatable bonds is 16. The second-order valence-electron chi connectivity index (χ2n) is 18.4. The Morgan fingerprint density at radius 1 is 1.04 bits per heavy atom. The van der Waals surface area contributed by atoms with Crippen LogP contribution in [-0.2, 0) is 25.5 Å². The van der Waals surface area contributed by atoms with Crippen LogP contribution in [0.3, 0.4) is 0 Å². The highest BCUT2D eigenvalue weighted by molar-refractivity contribution is 5.85. The third kappa shape index (κ3) is 7.33. The number of aryl methyl sites for hydroxylation is 1. The van der Waals surface area contributed by atoms with Gasteiger partial charge < -0.3 is 19.7 Å². The van der Waals surface area contributed by atoms with Gasteiger partial charge in [-0.15, -0.1) is 0 Å². The van der Waals surface area contributed by atoms with E-state index in [1.54, 1.807) is 6.08 Å². The molecule has 0 saturated heterocycles. The van der Waals surface area contributed by atoms with Crippen molar-refractivity contribution in [1.82, 2.24) is 0 Å². The molecule has 1 spiro atoms. The van der Waals surface area contributed by atoms with Gasteiger partial charge in [0.15, 0.2) is 0 Å². The predicted molar refractivity (Wildman–Crippen MR) is 206 cm³/mol. The molecule has 0 aromatic heterocycles. The minimum Gasteiger partial charge on any atom is -0.462 e. The molecule has 2 N–H and O–H groups in total. The highest BCUT2D eigenvalue weighted by Crippen LogP contribution is 2.75. The number of hydrogen-bond donors (Lipinski definition) is 2. The van der Waals surface area contributed by atoms with Gasteiger partial charge in [-0.1, -0.05) is 115 Å². The zero-order valence-corrected chi connectivity index (χ0v) is 32.9. The first-order valence-electron chi connectivity index (χ1n) is 21.0. The van der Waals surface area contributed by atoms with Gasteiger partial charge in [-0.3, -0.25) is 4.79 Å². The first-order chi connectivity index (χ1) is 24.9. The zero-order valence-electron chi connectivity index (χ0n) is 32.9. The summed E-state index contributed by atoms with van der Waals surface area (Å²) in [5.74, 6) is 0.800. The molecule has 6 rings (SSSR count). The first kappa shape index (κ1) is 39.3. The van der Waals surface area contributed by atoms with Crippen molar-refractivity contribution in [2.45, 2.75) is 162 Å². The van der Waals surface area contributed by atoms with Gasteiger partial charge >= 0.3 is 11.9 Å². The van der Waals surface area contributed by atoms with E-state index in [0.29, 0.717) is 43.4 Å². The molecule has 11 atom stereocenters. The highest BCUT2D eigenvalue weighted by Gasteiger charge is 2.78. The van der Waals surface area contributed by atoms with Crippen LogP contribution in [0.4, 0.5) is 0 Å². The van der Waals surface area contributed by atoms with E-state index in [9.17, 15) is 19.8 Å². The molecule has 1 aliphatic heterocycles. The number of ether oxygens (including phenoxy) is 2. The van der Waals surface area contributed by atoms with Crippen LogP contribution in [0.25, 0.3) is 0 Å². The molecular weight excluding hydrogens is 649 g/mol. The monoisotopic (exact) mass is 717 g/mol. The molecule has 11 unspecified atom stereocenters. The van der Waals surface area contributed by atoms with E-state index in [-0.39, 0.29) is 35.8 Å². The van der Waals surface area contributed by atoms with Crippen molar-refractivity contribution in [2.24, 2.45) is 45.8 Å². The fraction of sp³-hybridized carbons (Fsp3) is 0.739. The molecule has 3 saturated carbocycles. The molecule has 52 heavy (non-hydrogen) atoms. The number of allylic oxidation sites excluding steroid dienone is 1. The fourth-order valence-electron chi connectivity index (χ4n) is 12.6. The van der Waals surface area contributed by atoms with E-state index in [2.05, 4.69) is 70.2 Å². The zero-order chi connectivity index (χ0) is 37.1. The van der Waals surface area contributed by atoms with Gasteiger partial charge in [-0.25, -0.2) is 4.79 Å². The summed E-state index contributed by atoms with van der Waals surface area (Å²) in [6, 6.07) is 10.7. The molecular formula is C46H68O6. The van der Waals surface area contributed by atoms with E-state index >= 15 is 0 Å².